The van der Waals surface area contributed by atoms with Gasteiger partial charge in [-0.3, -0.25) is 0 Å². The van der Waals surface area contributed by atoms with E-state index in [0.717, 1.165) is 0 Å². The third-order valence-electron chi connectivity index (χ3n) is 2.23. The molecule has 1 aromatic carbocycles. The Kier molecular flexibility index (Phi) is 3.53. The van der Waals surface area contributed by atoms with Crippen molar-refractivity contribution < 1.29 is 9.26 Å². The van der Waals surface area contributed by atoms with Gasteiger partial charge in [-0.2, -0.15) is 16.7 Å². The van der Waals surface area contributed by atoms with Gasteiger partial charge in [-0.05, 0) is 24.5 Å². The minimum absolute atomic E-state index is 0.422. The minimum Gasteiger partial charge on any atom is -0.497 e. The van der Waals surface area contributed by atoms with Crippen LogP contribution in [0, 0.1) is 0 Å². The number of hydrogen-bond donors (Lipinski definition) is 1. The Labute approximate surface area is 103 Å². The Morgan fingerprint density at radius 3 is 3.00 bits per heavy atom. The maximum Gasteiger partial charge on any atom is 0.260 e. The number of nitrogens with zero attached hydrogens (tertiary/aromatic N) is 2. The summed E-state index contributed by atoms with van der Waals surface area (Å²) in [6.45, 7) is 0. The van der Waals surface area contributed by atoms with Gasteiger partial charge < -0.3 is 15.0 Å². The van der Waals surface area contributed by atoms with Crippen molar-refractivity contribution in [3.63, 3.8) is 0 Å². The summed E-state index contributed by atoms with van der Waals surface area (Å²) in [5, 5.41) is 3.88. The Hall–Kier alpha value is -1.69. The van der Waals surface area contributed by atoms with Crippen molar-refractivity contribution in [2.75, 3.05) is 19.1 Å². The number of rotatable bonds is 4. The Balaban J connectivity index is 2.37. The van der Waals surface area contributed by atoms with Crippen LogP contribution in [-0.2, 0) is 5.75 Å². The second-order valence-corrected chi connectivity index (χ2v) is 4.27. The summed E-state index contributed by atoms with van der Waals surface area (Å²) in [7, 11) is 1.60. The van der Waals surface area contributed by atoms with Crippen molar-refractivity contribution in [3.8, 4) is 17.2 Å². The van der Waals surface area contributed by atoms with Gasteiger partial charge in [0.25, 0.3) is 5.89 Å². The van der Waals surface area contributed by atoms with Gasteiger partial charge in [0.05, 0.1) is 18.4 Å². The predicted octanol–water partition coefficient (Wildman–Crippen LogP) is 2.19. The SMILES string of the molecule is COc1ccc(N)c(-c2nc(CSC)no2)c1. The van der Waals surface area contributed by atoms with E-state index in [1.165, 1.54) is 0 Å². The van der Waals surface area contributed by atoms with E-state index in [-0.39, 0.29) is 0 Å². The largest absolute Gasteiger partial charge is 0.497 e. The van der Waals surface area contributed by atoms with Gasteiger partial charge in [0.2, 0.25) is 0 Å². The first-order valence-electron chi connectivity index (χ1n) is 5.00. The first kappa shape index (κ1) is 11.8. The van der Waals surface area contributed by atoms with Gasteiger partial charge in [0.1, 0.15) is 5.75 Å². The number of nitrogen functional groups attached to an aromatic ring is 1. The molecular weight excluding hydrogens is 238 g/mol. The third kappa shape index (κ3) is 2.52. The molecule has 17 heavy (non-hydrogen) atoms. The molecule has 0 radical (unpaired) electrons. The zero-order chi connectivity index (χ0) is 12.3. The molecule has 0 aliphatic heterocycles. The Morgan fingerprint density at radius 2 is 2.29 bits per heavy atom. The number of thioether (sulfide) groups is 1. The normalized spacial score (nSPS) is 10.5. The van der Waals surface area contributed by atoms with Crippen molar-refractivity contribution in [1.29, 1.82) is 0 Å². The van der Waals surface area contributed by atoms with Crippen molar-refractivity contribution in [1.82, 2.24) is 10.1 Å². The molecule has 0 saturated carbocycles. The van der Waals surface area contributed by atoms with Gasteiger partial charge in [0, 0.05) is 5.69 Å². The molecule has 0 spiro atoms. The quantitative estimate of drug-likeness (QED) is 0.840. The van der Waals surface area contributed by atoms with Crippen LogP contribution in [0.15, 0.2) is 22.7 Å². The first-order valence-corrected chi connectivity index (χ1v) is 6.39. The van der Waals surface area contributed by atoms with E-state index in [0.29, 0.717) is 34.5 Å². The maximum absolute atomic E-state index is 5.87. The monoisotopic (exact) mass is 251 g/mol. The second-order valence-electron chi connectivity index (χ2n) is 3.40. The van der Waals surface area contributed by atoms with Crippen molar-refractivity contribution in [2.24, 2.45) is 0 Å². The van der Waals surface area contributed by atoms with Gasteiger partial charge in [-0.15, -0.1) is 0 Å². The summed E-state index contributed by atoms with van der Waals surface area (Å²) in [5.74, 6) is 2.51. The summed E-state index contributed by atoms with van der Waals surface area (Å²) >= 11 is 1.63. The van der Waals surface area contributed by atoms with Crippen LogP contribution in [0.2, 0.25) is 0 Å². The Bertz CT molecular complexity index is 513. The van der Waals surface area contributed by atoms with E-state index < -0.39 is 0 Å². The number of nitrogens with two attached hydrogens (primary N) is 1. The minimum atomic E-state index is 0.422. The zero-order valence-corrected chi connectivity index (χ0v) is 10.5. The van der Waals surface area contributed by atoms with E-state index in [1.807, 2.05) is 6.26 Å². The van der Waals surface area contributed by atoms with Gasteiger partial charge in [-0.1, -0.05) is 5.16 Å². The molecule has 1 aromatic heterocycles. The number of aromatic nitrogens is 2. The van der Waals surface area contributed by atoms with Crippen molar-refractivity contribution >= 4 is 17.4 Å². The van der Waals surface area contributed by atoms with E-state index in [2.05, 4.69) is 10.1 Å². The molecule has 0 bridgehead atoms. The van der Waals surface area contributed by atoms with Gasteiger partial charge in [0.15, 0.2) is 5.82 Å². The van der Waals surface area contributed by atoms with Crippen LogP contribution in [0.4, 0.5) is 5.69 Å². The molecule has 5 nitrogen and oxygen atoms in total. The summed E-state index contributed by atoms with van der Waals surface area (Å²) in [6, 6.07) is 5.33. The molecule has 1 heterocycles. The molecule has 6 heteroatoms. The van der Waals surface area contributed by atoms with Crippen LogP contribution in [0.3, 0.4) is 0 Å². The highest BCUT2D eigenvalue weighted by Gasteiger charge is 2.12. The molecule has 0 aliphatic carbocycles. The number of methoxy groups -OCH3 is 1. The van der Waals surface area contributed by atoms with Gasteiger partial charge in [-0.25, -0.2) is 0 Å². The summed E-state index contributed by atoms with van der Waals surface area (Å²) in [4.78, 5) is 4.27. The molecule has 0 amide bonds. The van der Waals surface area contributed by atoms with Crippen LogP contribution >= 0.6 is 11.8 Å². The van der Waals surface area contributed by atoms with E-state index in [4.69, 9.17) is 15.0 Å². The van der Waals surface area contributed by atoms with Crippen molar-refractivity contribution in [2.45, 2.75) is 5.75 Å². The van der Waals surface area contributed by atoms with Gasteiger partial charge >= 0.3 is 0 Å². The summed E-state index contributed by atoms with van der Waals surface area (Å²) < 4.78 is 10.3. The molecule has 0 aliphatic rings. The number of ether oxygens (including phenoxy) is 1. The fraction of sp³-hybridized carbons (Fsp3) is 0.273. The molecule has 0 atom stereocenters. The van der Waals surface area contributed by atoms with Crippen LogP contribution in [-0.4, -0.2) is 23.5 Å². The highest BCUT2D eigenvalue weighted by Crippen LogP contribution is 2.28. The molecule has 0 unspecified atom stereocenters. The molecule has 0 fully saturated rings. The first-order chi connectivity index (χ1) is 8.24. The van der Waals surface area contributed by atoms with E-state index in [1.54, 1.807) is 37.1 Å². The fourth-order valence-electron chi connectivity index (χ4n) is 1.40. The highest BCUT2D eigenvalue weighted by molar-refractivity contribution is 7.97. The smallest absolute Gasteiger partial charge is 0.260 e. The number of anilines is 1. The molecule has 2 rings (SSSR count). The molecule has 2 N–H and O–H groups in total. The second kappa shape index (κ2) is 5.09. The predicted molar refractivity (Wildman–Crippen MR) is 67.9 cm³/mol. The lowest BCUT2D eigenvalue weighted by Gasteiger charge is -2.03. The van der Waals surface area contributed by atoms with Crippen LogP contribution < -0.4 is 10.5 Å². The van der Waals surface area contributed by atoms with Crippen molar-refractivity contribution in [3.05, 3.63) is 24.0 Å². The van der Waals surface area contributed by atoms with E-state index >= 15 is 0 Å². The van der Waals surface area contributed by atoms with Crippen LogP contribution in [0.5, 0.6) is 5.75 Å². The standard InChI is InChI=1S/C11H13N3O2S/c1-15-7-3-4-9(12)8(5-7)11-13-10(6-17-2)14-16-11/h3-5H,6,12H2,1-2H3. The molecule has 0 saturated heterocycles. The van der Waals surface area contributed by atoms with Crippen LogP contribution in [0.1, 0.15) is 5.82 Å². The molecule has 90 valence electrons. The summed E-state index contributed by atoms with van der Waals surface area (Å²) in [5.41, 5.74) is 7.16. The molecule has 2 aromatic rings. The fourth-order valence-corrected chi connectivity index (χ4v) is 1.77. The van der Waals surface area contributed by atoms with Crippen LogP contribution in [0.25, 0.3) is 11.5 Å². The third-order valence-corrected chi connectivity index (χ3v) is 2.78. The number of hydrogen-bond acceptors (Lipinski definition) is 6. The summed E-state index contributed by atoms with van der Waals surface area (Å²) in [6.07, 6.45) is 1.98. The highest BCUT2D eigenvalue weighted by atomic mass is 32.2. The average Bonchev–Trinajstić information content (AvgIpc) is 2.79. The lowest BCUT2D eigenvalue weighted by Crippen LogP contribution is -1.92. The topological polar surface area (TPSA) is 74.2 Å². The average molecular weight is 251 g/mol. The lowest BCUT2D eigenvalue weighted by molar-refractivity contribution is 0.412. The maximum atomic E-state index is 5.87. The lowest BCUT2D eigenvalue weighted by atomic mass is 10.1. The van der Waals surface area contributed by atoms with E-state index in [9.17, 15) is 0 Å². The number of benzene rings is 1. The zero-order valence-electron chi connectivity index (χ0n) is 9.64. The Morgan fingerprint density at radius 1 is 1.47 bits per heavy atom. The molecular formula is C11H13N3O2S.